The maximum Gasteiger partial charge on any atom is 0.415 e. The number of piperazine rings is 1. The standard InChI is InChI=1S/C23H32FN7O6/c1-13(32)27-10-15-11-31(22(35)36-15)14-5-6-17(16(24)9-14)29-7-8-30(18(12-29)19(25)26)20(33)28-21(34)37-23(2,3)4/h5-6,9,15,18H,7-8,10-12H2,1-4H3,(H3,25,26)(H,27,32)(H,28,33,34)/t15?,18-/m0/s1. The molecule has 2 fully saturated rings. The Morgan fingerprint density at radius 1 is 1.24 bits per heavy atom. The fraction of sp³-hybridized carbons (Fsp3) is 0.522. The summed E-state index contributed by atoms with van der Waals surface area (Å²) >= 11 is 0. The van der Waals surface area contributed by atoms with Crippen molar-refractivity contribution in [2.45, 2.75) is 45.4 Å². The fourth-order valence-corrected chi connectivity index (χ4v) is 3.99. The van der Waals surface area contributed by atoms with Crippen LogP contribution in [-0.4, -0.2) is 85.3 Å². The average Bonchev–Trinajstić information content (AvgIpc) is 3.16. The summed E-state index contributed by atoms with van der Waals surface area (Å²) in [7, 11) is 0. The molecule has 2 aliphatic rings. The highest BCUT2D eigenvalue weighted by Gasteiger charge is 2.36. The molecular weight excluding hydrogens is 489 g/mol. The van der Waals surface area contributed by atoms with E-state index >= 15 is 4.39 Å². The second kappa shape index (κ2) is 10.9. The number of amidine groups is 1. The molecule has 5 amide bonds. The van der Waals surface area contributed by atoms with E-state index in [1.807, 2.05) is 0 Å². The molecule has 3 rings (SSSR count). The van der Waals surface area contributed by atoms with Crippen LogP contribution in [0.5, 0.6) is 0 Å². The fourth-order valence-electron chi connectivity index (χ4n) is 3.99. The molecule has 0 radical (unpaired) electrons. The van der Waals surface area contributed by atoms with Gasteiger partial charge in [-0.15, -0.1) is 0 Å². The number of benzene rings is 1. The van der Waals surface area contributed by atoms with E-state index in [1.165, 1.54) is 28.9 Å². The van der Waals surface area contributed by atoms with Gasteiger partial charge in [0.2, 0.25) is 5.91 Å². The van der Waals surface area contributed by atoms with E-state index in [2.05, 4.69) is 10.6 Å². The van der Waals surface area contributed by atoms with Gasteiger partial charge in [0.25, 0.3) is 0 Å². The van der Waals surface area contributed by atoms with Gasteiger partial charge in [-0.3, -0.25) is 15.1 Å². The van der Waals surface area contributed by atoms with Gasteiger partial charge in [0, 0.05) is 26.6 Å². The van der Waals surface area contributed by atoms with Crippen LogP contribution in [0.1, 0.15) is 27.7 Å². The van der Waals surface area contributed by atoms with Gasteiger partial charge in [-0.1, -0.05) is 0 Å². The average molecular weight is 522 g/mol. The number of carbonyl (C=O) groups excluding carboxylic acids is 4. The number of carbonyl (C=O) groups is 4. The van der Waals surface area contributed by atoms with Gasteiger partial charge >= 0.3 is 18.2 Å². The zero-order chi connectivity index (χ0) is 27.5. The van der Waals surface area contributed by atoms with E-state index in [1.54, 1.807) is 31.7 Å². The summed E-state index contributed by atoms with van der Waals surface area (Å²) in [5.41, 5.74) is 5.41. The zero-order valence-electron chi connectivity index (χ0n) is 21.2. The largest absolute Gasteiger partial charge is 0.443 e. The minimum atomic E-state index is -0.927. The number of amides is 5. The van der Waals surface area contributed by atoms with E-state index in [9.17, 15) is 19.2 Å². The molecule has 0 aromatic heterocycles. The quantitative estimate of drug-likeness (QED) is 0.332. The molecule has 2 heterocycles. The normalized spacial score (nSPS) is 19.8. The van der Waals surface area contributed by atoms with E-state index in [0.717, 1.165) is 0 Å². The molecule has 1 aromatic carbocycles. The van der Waals surface area contributed by atoms with Gasteiger partial charge in [0.15, 0.2) is 0 Å². The lowest BCUT2D eigenvalue weighted by atomic mass is 10.1. The van der Waals surface area contributed by atoms with Crippen molar-refractivity contribution < 1.29 is 33.0 Å². The molecule has 37 heavy (non-hydrogen) atoms. The zero-order valence-corrected chi connectivity index (χ0v) is 21.2. The van der Waals surface area contributed by atoms with E-state index in [-0.39, 0.29) is 55.8 Å². The SMILES string of the molecule is CC(=O)NCC1CN(c2ccc(N3CCN(C(=O)NC(=O)OC(C)(C)C)[C@H](C(=N)N)C3)c(F)c2)C(=O)O1. The number of hydrogen-bond donors (Lipinski definition) is 4. The van der Waals surface area contributed by atoms with Gasteiger partial charge in [0.05, 0.1) is 24.5 Å². The lowest BCUT2D eigenvalue weighted by molar-refractivity contribution is -0.119. The number of rotatable bonds is 5. The van der Waals surface area contributed by atoms with Gasteiger partial charge in [0.1, 0.15) is 29.4 Å². The third-order valence-corrected chi connectivity index (χ3v) is 5.64. The second-order valence-corrected chi connectivity index (χ2v) is 9.73. The molecule has 0 saturated carbocycles. The molecule has 202 valence electrons. The Bertz CT molecular complexity index is 1090. The molecule has 0 spiro atoms. The number of nitrogens with one attached hydrogen (secondary N) is 3. The highest BCUT2D eigenvalue weighted by atomic mass is 19.1. The van der Waals surface area contributed by atoms with Crippen molar-refractivity contribution in [3.05, 3.63) is 24.0 Å². The first kappa shape index (κ1) is 27.5. The third kappa shape index (κ3) is 6.98. The Balaban J connectivity index is 1.68. The highest BCUT2D eigenvalue weighted by Crippen LogP contribution is 2.29. The molecule has 1 aromatic rings. The minimum absolute atomic E-state index is 0.0118. The number of hydrogen-bond acceptors (Lipinski definition) is 8. The monoisotopic (exact) mass is 521 g/mol. The summed E-state index contributed by atoms with van der Waals surface area (Å²) < 4.78 is 25.5. The van der Waals surface area contributed by atoms with E-state index in [0.29, 0.717) is 0 Å². The predicted octanol–water partition coefficient (Wildman–Crippen LogP) is 1.36. The molecule has 1 unspecified atom stereocenters. The molecule has 5 N–H and O–H groups in total. The van der Waals surface area contributed by atoms with Crippen LogP contribution in [0.3, 0.4) is 0 Å². The molecule has 0 aliphatic carbocycles. The number of nitrogens with zero attached hydrogens (tertiary/aromatic N) is 3. The number of imide groups is 1. The van der Waals surface area contributed by atoms with Crippen molar-refractivity contribution in [3.63, 3.8) is 0 Å². The van der Waals surface area contributed by atoms with Crippen LogP contribution < -0.4 is 26.2 Å². The van der Waals surface area contributed by atoms with Crippen molar-refractivity contribution >= 4 is 41.3 Å². The number of cyclic esters (lactones) is 1. The number of halogens is 1. The molecule has 13 nitrogen and oxygen atoms in total. The highest BCUT2D eigenvalue weighted by molar-refractivity contribution is 5.95. The number of anilines is 2. The maximum absolute atomic E-state index is 15.2. The molecule has 2 atom stereocenters. The molecule has 14 heteroatoms. The van der Waals surface area contributed by atoms with Crippen LogP contribution >= 0.6 is 0 Å². The van der Waals surface area contributed by atoms with Crippen molar-refractivity contribution in [1.82, 2.24) is 15.5 Å². The maximum atomic E-state index is 15.2. The Morgan fingerprint density at radius 3 is 2.54 bits per heavy atom. The number of alkyl carbamates (subject to hydrolysis) is 1. The summed E-state index contributed by atoms with van der Waals surface area (Å²) in [4.78, 5) is 52.1. The number of urea groups is 1. The van der Waals surface area contributed by atoms with E-state index < -0.39 is 41.8 Å². The van der Waals surface area contributed by atoms with Crippen LogP contribution in [0.15, 0.2) is 18.2 Å². The molecular formula is C23H32FN7O6. The van der Waals surface area contributed by atoms with Crippen LogP contribution in [-0.2, 0) is 14.3 Å². The van der Waals surface area contributed by atoms with Crippen molar-refractivity contribution in [2.75, 3.05) is 42.5 Å². The minimum Gasteiger partial charge on any atom is -0.443 e. The van der Waals surface area contributed by atoms with Crippen LogP contribution in [0.25, 0.3) is 0 Å². The Kier molecular flexibility index (Phi) is 8.09. The Hall–Kier alpha value is -4.10. The predicted molar refractivity (Wildman–Crippen MR) is 132 cm³/mol. The topological polar surface area (TPSA) is 170 Å². The summed E-state index contributed by atoms with van der Waals surface area (Å²) in [6.07, 6.45) is -2.14. The summed E-state index contributed by atoms with van der Waals surface area (Å²) in [6, 6.07) is 2.56. The van der Waals surface area contributed by atoms with E-state index in [4.69, 9.17) is 20.6 Å². The van der Waals surface area contributed by atoms with Crippen molar-refractivity contribution in [2.24, 2.45) is 5.73 Å². The number of ether oxygens (including phenoxy) is 2. The Labute approximate surface area is 213 Å². The lowest BCUT2D eigenvalue weighted by Gasteiger charge is -2.41. The smallest absolute Gasteiger partial charge is 0.415 e. The van der Waals surface area contributed by atoms with Gasteiger partial charge in [-0.05, 0) is 39.0 Å². The van der Waals surface area contributed by atoms with Crippen molar-refractivity contribution in [3.8, 4) is 0 Å². The molecule has 2 saturated heterocycles. The van der Waals surface area contributed by atoms with Gasteiger partial charge in [-0.25, -0.2) is 24.1 Å². The van der Waals surface area contributed by atoms with Crippen molar-refractivity contribution in [1.29, 1.82) is 5.41 Å². The third-order valence-electron chi connectivity index (χ3n) is 5.64. The van der Waals surface area contributed by atoms with Crippen LogP contribution in [0.2, 0.25) is 0 Å². The van der Waals surface area contributed by atoms with Gasteiger partial charge < -0.3 is 30.3 Å². The Morgan fingerprint density at radius 2 is 1.95 bits per heavy atom. The first-order valence-corrected chi connectivity index (χ1v) is 11.7. The first-order valence-electron chi connectivity index (χ1n) is 11.7. The molecule has 2 aliphatic heterocycles. The summed E-state index contributed by atoms with van der Waals surface area (Å²) in [5, 5.41) is 12.6. The second-order valence-electron chi connectivity index (χ2n) is 9.73. The van der Waals surface area contributed by atoms with Crippen LogP contribution in [0, 0.1) is 11.2 Å². The lowest BCUT2D eigenvalue weighted by Crippen LogP contribution is -2.62. The molecule has 0 bridgehead atoms. The number of nitrogens with two attached hydrogens (primary N) is 1. The summed E-state index contributed by atoms with van der Waals surface area (Å²) in [6.45, 7) is 6.90. The first-order chi connectivity index (χ1) is 17.2. The summed E-state index contributed by atoms with van der Waals surface area (Å²) in [5.74, 6) is -1.20. The van der Waals surface area contributed by atoms with Gasteiger partial charge in [-0.2, -0.15) is 0 Å². The van der Waals surface area contributed by atoms with Crippen LogP contribution in [0.4, 0.5) is 30.1 Å².